The van der Waals surface area contributed by atoms with E-state index in [9.17, 15) is 4.79 Å². The maximum atomic E-state index is 12.2. The van der Waals surface area contributed by atoms with Gasteiger partial charge in [0.1, 0.15) is 0 Å². The van der Waals surface area contributed by atoms with Gasteiger partial charge in [0.05, 0.1) is 22.4 Å². The Kier molecular flexibility index (Phi) is 4.03. The van der Waals surface area contributed by atoms with Crippen LogP contribution in [0.2, 0.25) is 10.0 Å². The molecule has 0 aliphatic carbocycles. The third-order valence-electron chi connectivity index (χ3n) is 2.34. The van der Waals surface area contributed by atoms with E-state index in [-0.39, 0.29) is 5.78 Å². The van der Waals surface area contributed by atoms with E-state index in [1.807, 2.05) is 6.07 Å². The highest BCUT2D eigenvalue weighted by Crippen LogP contribution is 2.26. The molecule has 0 saturated carbocycles. The second-order valence-electron chi connectivity index (χ2n) is 3.61. The third-order valence-corrected chi connectivity index (χ3v) is 3.86. The van der Waals surface area contributed by atoms with E-state index in [4.69, 9.17) is 28.5 Å². The smallest absolute Gasteiger partial charge is 0.204 e. The van der Waals surface area contributed by atoms with Gasteiger partial charge in [-0.1, -0.05) is 23.2 Å². The molecule has 5 heteroatoms. The van der Waals surface area contributed by atoms with E-state index in [0.29, 0.717) is 26.9 Å². The number of nitrogens with zero attached hydrogens (tertiary/aromatic N) is 1. The van der Waals surface area contributed by atoms with Crippen molar-refractivity contribution < 1.29 is 4.79 Å². The molecule has 1 heterocycles. The molecule has 90 valence electrons. The van der Waals surface area contributed by atoms with Crippen molar-refractivity contribution in [3.8, 4) is 6.07 Å². The van der Waals surface area contributed by atoms with Crippen molar-refractivity contribution in [3.63, 3.8) is 0 Å². The molecule has 1 aromatic heterocycles. The Hall–Kier alpha value is -1.34. The van der Waals surface area contributed by atoms with E-state index in [1.165, 1.54) is 11.3 Å². The summed E-state index contributed by atoms with van der Waals surface area (Å²) in [5.41, 5.74) is 1.27. The first-order valence-corrected chi connectivity index (χ1v) is 6.69. The van der Waals surface area contributed by atoms with E-state index in [1.54, 1.807) is 29.6 Å². The van der Waals surface area contributed by atoms with Crippen molar-refractivity contribution in [1.29, 1.82) is 5.26 Å². The largest absolute Gasteiger partial charge is 0.288 e. The highest BCUT2D eigenvalue weighted by Gasteiger charge is 2.15. The summed E-state index contributed by atoms with van der Waals surface area (Å²) in [5, 5.41) is 11.2. The van der Waals surface area contributed by atoms with Crippen LogP contribution in [0.5, 0.6) is 0 Å². The molecule has 2 aromatic rings. The first-order chi connectivity index (χ1) is 8.61. The molecule has 0 fully saturated rings. The number of rotatable bonds is 3. The van der Waals surface area contributed by atoms with Crippen molar-refractivity contribution in [2.75, 3.05) is 0 Å². The SMILES string of the molecule is N#CCc1csc(C(=O)c2ccc(Cl)cc2Cl)c1. The minimum absolute atomic E-state index is 0.147. The van der Waals surface area contributed by atoms with Crippen LogP contribution >= 0.6 is 34.5 Å². The quantitative estimate of drug-likeness (QED) is 0.790. The van der Waals surface area contributed by atoms with Crippen molar-refractivity contribution in [2.24, 2.45) is 0 Å². The van der Waals surface area contributed by atoms with Gasteiger partial charge >= 0.3 is 0 Å². The van der Waals surface area contributed by atoms with Crippen molar-refractivity contribution >= 4 is 40.3 Å². The lowest BCUT2D eigenvalue weighted by Gasteiger charge is -2.01. The van der Waals surface area contributed by atoms with Gasteiger partial charge in [-0.05, 0) is 35.2 Å². The number of carbonyl (C=O) groups is 1. The molecule has 1 aromatic carbocycles. The molecule has 2 rings (SSSR count). The van der Waals surface area contributed by atoms with Crippen LogP contribution in [0, 0.1) is 11.3 Å². The Bertz CT molecular complexity index is 643. The number of hydrogen-bond donors (Lipinski definition) is 0. The topological polar surface area (TPSA) is 40.9 Å². The average Bonchev–Trinajstić information content (AvgIpc) is 2.77. The van der Waals surface area contributed by atoms with E-state index < -0.39 is 0 Å². The fraction of sp³-hybridized carbons (Fsp3) is 0.0769. The zero-order valence-corrected chi connectivity index (χ0v) is 11.4. The molecule has 0 atom stereocenters. The van der Waals surface area contributed by atoms with Crippen LogP contribution in [0.4, 0.5) is 0 Å². The zero-order chi connectivity index (χ0) is 13.1. The van der Waals surface area contributed by atoms with Gasteiger partial charge in [-0.25, -0.2) is 0 Å². The number of thiophene rings is 1. The predicted octanol–water partition coefficient (Wildman–Crippen LogP) is 4.35. The molecule has 0 amide bonds. The van der Waals surface area contributed by atoms with E-state index in [0.717, 1.165) is 5.56 Å². The number of benzene rings is 1. The molecule has 0 bridgehead atoms. The summed E-state index contributed by atoms with van der Waals surface area (Å²) in [6.07, 6.45) is 0.304. The molecular formula is C13H7Cl2NOS. The Labute approximate surface area is 118 Å². The van der Waals surface area contributed by atoms with E-state index >= 15 is 0 Å². The van der Waals surface area contributed by atoms with Gasteiger partial charge in [0, 0.05) is 10.6 Å². The van der Waals surface area contributed by atoms with Crippen LogP contribution in [-0.4, -0.2) is 5.78 Å². The first kappa shape index (κ1) is 13.1. The molecule has 0 aliphatic rings. The minimum atomic E-state index is -0.147. The van der Waals surface area contributed by atoms with Crippen molar-refractivity contribution in [2.45, 2.75) is 6.42 Å². The molecular weight excluding hydrogens is 289 g/mol. The monoisotopic (exact) mass is 295 g/mol. The van der Waals surface area contributed by atoms with Gasteiger partial charge in [-0.15, -0.1) is 11.3 Å². The summed E-state index contributed by atoms with van der Waals surface area (Å²) in [6.45, 7) is 0. The number of halogens is 2. The molecule has 2 nitrogen and oxygen atoms in total. The highest BCUT2D eigenvalue weighted by molar-refractivity contribution is 7.12. The Balaban J connectivity index is 2.33. The Morgan fingerprint density at radius 3 is 2.78 bits per heavy atom. The number of ketones is 1. The zero-order valence-electron chi connectivity index (χ0n) is 9.11. The minimum Gasteiger partial charge on any atom is -0.288 e. The molecule has 0 saturated heterocycles. The second kappa shape index (κ2) is 5.53. The van der Waals surface area contributed by atoms with Gasteiger partial charge in [0.2, 0.25) is 5.78 Å². The van der Waals surface area contributed by atoms with Crippen LogP contribution in [0.3, 0.4) is 0 Å². The van der Waals surface area contributed by atoms with Gasteiger partial charge in [0.25, 0.3) is 0 Å². The lowest BCUT2D eigenvalue weighted by Crippen LogP contribution is -1.99. The van der Waals surface area contributed by atoms with Crippen molar-refractivity contribution in [3.05, 3.63) is 55.7 Å². The second-order valence-corrected chi connectivity index (χ2v) is 5.36. The third kappa shape index (κ3) is 2.73. The summed E-state index contributed by atoms with van der Waals surface area (Å²) in [7, 11) is 0. The standard InChI is InChI=1S/C13H7Cl2NOS/c14-9-1-2-10(11(15)6-9)13(17)12-5-8(3-4-16)7-18-12/h1-2,5-7H,3H2. The van der Waals surface area contributed by atoms with E-state index in [2.05, 4.69) is 0 Å². The van der Waals surface area contributed by atoms with Crippen LogP contribution in [0.25, 0.3) is 0 Å². The fourth-order valence-electron chi connectivity index (χ4n) is 1.48. The Morgan fingerprint density at radius 1 is 1.33 bits per heavy atom. The summed E-state index contributed by atoms with van der Waals surface area (Å²) in [6, 6.07) is 8.55. The van der Waals surface area contributed by atoms with Gasteiger partial charge < -0.3 is 0 Å². The molecule has 18 heavy (non-hydrogen) atoms. The van der Waals surface area contributed by atoms with Crippen LogP contribution in [-0.2, 0) is 6.42 Å². The summed E-state index contributed by atoms with van der Waals surface area (Å²) in [5.74, 6) is -0.147. The predicted molar refractivity (Wildman–Crippen MR) is 73.5 cm³/mol. The number of carbonyl (C=O) groups excluding carboxylic acids is 1. The molecule has 0 unspecified atom stereocenters. The lowest BCUT2D eigenvalue weighted by molar-refractivity contribution is 0.104. The normalized spacial score (nSPS) is 10.1. The molecule has 0 radical (unpaired) electrons. The molecule has 0 spiro atoms. The summed E-state index contributed by atoms with van der Waals surface area (Å²) >= 11 is 13.1. The average molecular weight is 296 g/mol. The molecule has 0 aliphatic heterocycles. The summed E-state index contributed by atoms with van der Waals surface area (Å²) in [4.78, 5) is 12.8. The van der Waals surface area contributed by atoms with Crippen LogP contribution < -0.4 is 0 Å². The lowest BCUT2D eigenvalue weighted by atomic mass is 10.1. The number of hydrogen-bond acceptors (Lipinski definition) is 3. The van der Waals surface area contributed by atoms with Gasteiger partial charge in [-0.3, -0.25) is 4.79 Å². The fourth-order valence-corrected chi connectivity index (χ4v) is 2.85. The summed E-state index contributed by atoms with van der Waals surface area (Å²) < 4.78 is 0. The van der Waals surface area contributed by atoms with Crippen molar-refractivity contribution in [1.82, 2.24) is 0 Å². The van der Waals surface area contributed by atoms with Crippen LogP contribution in [0.1, 0.15) is 20.8 Å². The molecule has 0 N–H and O–H groups in total. The Morgan fingerprint density at radius 2 is 2.11 bits per heavy atom. The number of nitriles is 1. The maximum absolute atomic E-state index is 12.2. The van der Waals surface area contributed by atoms with Gasteiger partial charge in [0.15, 0.2) is 0 Å². The maximum Gasteiger partial charge on any atom is 0.204 e. The van der Waals surface area contributed by atoms with Gasteiger partial charge in [-0.2, -0.15) is 5.26 Å². The van der Waals surface area contributed by atoms with Crippen LogP contribution in [0.15, 0.2) is 29.6 Å². The highest BCUT2D eigenvalue weighted by atomic mass is 35.5. The first-order valence-electron chi connectivity index (χ1n) is 5.06.